The van der Waals surface area contributed by atoms with Crippen LogP contribution in [0.4, 0.5) is 5.82 Å². The monoisotopic (exact) mass is 301 g/mol. The molecule has 0 fully saturated rings. The third-order valence-electron chi connectivity index (χ3n) is 3.88. The molecule has 6 heteroatoms. The fourth-order valence-electron chi connectivity index (χ4n) is 2.89. The number of nitrogens with one attached hydrogen (secondary N) is 2. The zero-order valence-corrected chi connectivity index (χ0v) is 12.9. The topological polar surface area (TPSA) is 76.2 Å². The number of carbonyl (C=O) groups is 1. The van der Waals surface area contributed by atoms with E-state index in [0.717, 1.165) is 16.8 Å². The Morgan fingerprint density at radius 2 is 2.18 bits per heavy atom. The molecule has 2 N–H and O–H groups in total. The molecule has 0 saturated carbocycles. The van der Waals surface area contributed by atoms with Gasteiger partial charge in [0.15, 0.2) is 17.3 Å². The fraction of sp³-hybridized carbons (Fsp3) is 0.375. The average Bonchev–Trinajstić information content (AvgIpc) is 2.88. The summed E-state index contributed by atoms with van der Waals surface area (Å²) in [4.78, 5) is 11.9. The lowest BCUT2D eigenvalue weighted by Crippen LogP contribution is -2.23. The number of nitrogens with zero attached hydrogens (tertiary/aromatic N) is 1. The highest BCUT2D eigenvalue weighted by Gasteiger charge is 2.30. The molecule has 0 radical (unpaired) electrons. The van der Waals surface area contributed by atoms with Crippen LogP contribution in [0.5, 0.6) is 11.5 Å². The summed E-state index contributed by atoms with van der Waals surface area (Å²) in [6.07, 6.45) is 0.393. The van der Waals surface area contributed by atoms with E-state index in [2.05, 4.69) is 15.5 Å². The number of ether oxygens (including phenoxy) is 2. The number of benzene rings is 1. The van der Waals surface area contributed by atoms with E-state index in [0.29, 0.717) is 30.3 Å². The summed E-state index contributed by atoms with van der Waals surface area (Å²) < 4.78 is 11.0. The van der Waals surface area contributed by atoms with Crippen molar-refractivity contribution in [3.05, 3.63) is 35.0 Å². The number of anilines is 1. The molecule has 1 aliphatic rings. The molecule has 116 valence electrons. The molecule has 2 heterocycles. The van der Waals surface area contributed by atoms with Crippen molar-refractivity contribution in [2.45, 2.75) is 26.2 Å². The van der Waals surface area contributed by atoms with Crippen molar-refractivity contribution in [2.75, 3.05) is 19.0 Å². The first-order valence-electron chi connectivity index (χ1n) is 7.29. The van der Waals surface area contributed by atoms with Gasteiger partial charge in [0.2, 0.25) is 5.91 Å². The van der Waals surface area contributed by atoms with E-state index in [-0.39, 0.29) is 11.8 Å². The second kappa shape index (κ2) is 5.71. The standard InChI is InChI=1S/C16H19N3O3/c1-4-22-12-6-5-10(7-13(12)21-3)11-8-14(20)17-16-15(11)9(2)18-19-16/h5-7,11H,4,8H2,1-3H3,(H2,17,18,19,20). The maximum absolute atomic E-state index is 11.9. The molecule has 0 bridgehead atoms. The second-order valence-corrected chi connectivity index (χ2v) is 5.26. The van der Waals surface area contributed by atoms with Crippen molar-refractivity contribution >= 4 is 11.7 Å². The zero-order chi connectivity index (χ0) is 15.7. The predicted octanol–water partition coefficient (Wildman–Crippen LogP) is 2.60. The van der Waals surface area contributed by atoms with Crippen LogP contribution in [0.1, 0.15) is 36.1 Å². The number of rotatable bonds is 4. The first kappa shape index (κ1) is 14.4. The molecule has 22 heavy (non-hydrogen) atoms. The van der Waals surface area contributed by atoms with Crippen LogP contribution in [0, 0.1) is 6.92 Å². The van der Waals surface area contributed by atoms with E-state index >= 15 is 0 Å². The van der Waals surface area contributed by atoms with E-state index in [1.807, 2.05) is 32.0 Å². The van der Waals surface area contributed by atoms with Crippen LogP contribution in [0.15, 0.2) is 18.2 Å². The predicted molar refractivity (Wildman–Crippen MR) is 82.6 cm³/mol. The van der Waals surface area contributed by atoms with Crippen molar-refractivity contribution in [3.63, 3.8) is 0 Å². The van der Waals surface area contributed by atoms with Gasteiger partial charge in [-0.1, -0.05) is 6.07 Å². The van der Waals surface area contributed by atoms with Crippen molar-refractivity contribution in [2.24, 2.45) is 0 Å². The Kier molecular flexibility index (Phi) is 3.75. The molecule has 1 aromatic carbocycles. The molecule has 0 aliphatic carbocycles. The molecule has 6 nitrogen and oxygen atoms in total. The highest BCUT2D eigenvalue weighted by atomic mass is 16.5. The normalized spacial score (nSPS) is 16.9. The molecule has 2 aromatic rings. The molecule has 3 rings (SSSR count). The smallest absolute Gasteiger partial charge is 0.226 e. The number of fused-ring (bicyclic) bond motifs is 1. The Morgan fingerprint density at radius 1 is 1.36 bits per heavy atom. The van der Waals surface area contributed by atoms with Gasteiger partial charge in [0, 0.05) is 23.6 Å². The van der Waals surface area contributed by atoms with Gasteiger partial charge in [-0.15, -0.1) is 0 Å². The molecule has 0 spiro atoms. The minimum Gasteiger partial charge on any atom is -0.493 e. The lowest BCUT2D eigenvalue weighted by atomic mass is 9.85. The summed E-state index contributed by atoms with van der Waals surface area (Å²) >= 11 is 0. The summed E-state index contributed by atoms with van der Waals surface area (Å²) in [7, 11) is 1.61. The lowest BCUT2D eigenvalue weighted by molar-refractivity contribution is -0.116. The number of amides is 1. The Morgan fingerprint density at radius 3 is 2.91 bits per heavy atom. The summed E-state index contributed by atoms with van der Waals surface area (Å²) in [6.45, 7) is 4.47. The van der Waals surface area contributed by atoms with Crippen LogP contribution >= 0.6 is 0 Å². The van der Waals surface area contributed by atoms with Gasteiger partial charge in [-0.2, -0.15) is 5.10 Å². The SMILES string of the molecule is CCOc1ccc(C2CC(=O)Nc3n[nH]c(C)c32)cc1OC. The molecule has 1 unspecified atom stereocenters. The minimum absolute atomic E-state index is 0.0307. The van der Waals surface area contributed by atoms with E-state index < -0.39 is 0 Å². The molecule has 1 amide bonds. The molecule has 0 saturated heterocycles. The van der Waals surface area contributed by atoms with Crippen LogP contribution in [0.2, 0.25) is 0 Å². The van der Waals surface area contributed by atoms with Crippen LogP contribution in [-0.4, -0.2) is 29.8 Å². The number of aryl methyl sites for hydroxylation is 1. The Bertz CT molecular complexity index is 709. The van der Waals surface area contributed by atoms with Gasteiger partial charge in [-0.25, -0.2) is 0 Å². The summed E-state index contributed by atoms with van der Waals surface area (Å²) in [6, 6.07) is 5.80. The van der Waals surface area contributed by atoms with Crippen molar-refractivity contribution in [1.29, 1.82) is 0 Å². The van der Waals surface area contributed by atoms with E-state index in [9.17, 15) is 4.79 Å². The number of H-pyrrole nitrogens is 1. The summed E-state index contributed by atoms with van der Waals surface area (Å²) in [5.74, 6) is 1.93. The molecule has 1 atom stereocenters. The van der Waals surface area contributed by atoms with Crippen LogP contribution in [0.25, 0.3) is 0 Å². The first-order chi connectivity index (χ1) is 10.6. The van der Waals surface area contributed by atoms with Crippen molar-refractivity contribution in [3.8, 4) is 11.5 Å². The Hall–Kier alpha value is -2.50. The number of methoxy groups -OCH3 is 1. The van der Waals surface area contributed by atoms with Gasteiger partial charge in [-0.3, -0.25) is 9.89 Å². The Balaban J connectivity index is 2.04. The highest BCUT2D eigenvalue weighted by molar-refractivity contribution is 5.94. The lowest BCUT2D eigenvalue weighted by Gasteiger charge is -2.23. The van der Waals surface area contributed by atoms with Crippen molar-refractivity contribution < 1.29 is 14.3 Å². The highest BCUT2D eigenvalue weighted by Crippen LogP contribution is 2.40. The third-order valence-corrected chi connectivity index (χ3v) is 3.88. The van der Waals surface area contributed by atoms with Gasteiger partial charge in [-0.05, 0) is 31.5 Å². The summed E-state index contributed by atoms with van der Waals surface area (Å²) in [5.41, 5.74) is 3.01. The van der Waals surface area contributed by atoms with Gasteiger partial charge in [0.25, 0.3) is 0 Å². The van der Waals surface area contributed by atoms with Gasteiger partial charge in [0.1, 0.15) is 0 Å². The van der Waals surface area contributed by atoms with Gasteiger partial charge in [0.05, 0.1) is 13.7 Å². The van der Waals surface area contributed by atoms with E-state index in [1.165, 1.54) is 0 Å². The maximum Gasteiger partial charge on any atom is 0.226 e. The van der Waals surface area contributed by atoms with E-state index in [1.54, 1.807) is 7.11 Å². The quantitative estimate of drug-likeness (QED) is 0.910. The number of carbonyl (C=O) groups excluding carboxylic acids is 1. The zero-order valence-electron chi connectivity index (χ0n) is 12.9. The van der Waals surface area contributed by atoms with Crippen LogP contribution < -0.4 is 14.8 Å². The Labute approximate surface area is 128 Å². The number of hydrogen-bond acceptors (Lipinski definition) is 4. The van der Waals surface area contributed by atoms with Gasteiger partial charge < -0.3 is 14.8 Å². The average molecular weight is 301 g/mol. The van der Waals surface area contributed by atoms with E-state index in [4.69, 9.17) is 9.47 Å². The minimum atomic E-state index is -0.0351. The number of aromatic amines is 1. The number of hydrogen-bond donors (Lipinski definition) is 2. The molecular weight excluding hydrogens is 282 g/mol. The largest absolute Gasteiger partial charge is 0.493 e. The second-order valence-electron chi connectivity index (χ2n) is 5.26. The third kappa shape index (κ3) is 2.41. The number of aromatic nitrogens is 2. The van der Waals surface area contributed by atoms with Crippen LogP contribution in [0.3, 0.4) is 0 Å². The fourth-order valence-corrected chi connectivity index (χ4v) is 2.89. The first-order valence-corrected chi connectivity index (χ1v) is 7.29. The maximum atomic E-state index is 11.9. The summed E-state index contributed by atoms with van der Waals surface area (Å²) in [5, 5.41) is 9.90. The molecule has 1 aromatic heterocycles. The van der Waals surface area contributed by atoms with Crippen molar-refractivity contribution in [1.82, 2.24) is 10.2 Å². The van der Waals surface area contributed by atoms with Crippen LogP contribution in [-0.2, 0) is 4.79 Å². The molecular formula is C16H19N3O3. The van der Waals surface area contributed by atoms with Gasteiger partial charge >= 0.3 is 0 Å². The molecule has 1 aliphatic heterocycles.